The van der Waals surface area contributed by atoms with E-state index < -0.39 is 0 Å². The molecule has 0 aliphatic rings. The highest BCUT2D eigenvalue weighted by molar-refractivity contribution is 7.99. The minimum absolute atomic E-state index is 0.159. The fourth-order valence-electron chi connectivity index (χ4n) is 3.11. The summed E-state index contributed by atoms with van der Waals surface area (Å²) < 4.78 is 12.3. The molecule has 8 nitrogen and oxygen atoms in total. The van der Waals surface area contributed by atoms with E-state index in [4.69, 9.17) is 9.47 Å². The summed E-state index contributed by atoms with van der Waals surface area (Å²) in [4.78, 5) is 14.5. The number of amides is 1. The summed E-state index contributed by atoms with van der Waals surface area (Å²) >= 11 is 1.52. The Morgan fingerprint density at radius 3 is 2.58 bits per heavy atom. The van der Waals surface area contributed by atoms with Crippen molar-refractivity contribution < 1.29 is 14.3 Å². The van der Waals surface area contributed by atoms with Crippen LogP contribution in [0.25, 0.3) is 5.69 Å². The Labute approximate surface area is 186 Å². The molecule has 1 amide bonds. The van der Waals surface area contributed by atoms with Gasteiger partial charge in [-0.1, -0.05) is 42.1 Å². The van der Waals surface area contributed by atoms with Gasteiger partial charge in [-0.15, -0.1) is 5.10 Å². The first-order valence-corrected chi connectivity index (χ1v) is 11.1. The number of benzene rings is 2. The summed E-state index contributed by atoms with van der Waals surface area (Å²) in [6.45, 7) is 3.34. The number of nitrogens with zero attached hydrogens (tertiary/aromatic N) is 5. The summed E-state index contributed by atoms with van der Waals surface area (Å²) in [5, 5.41) is 12.7. The van der Waals surface area contributed by atoms with Gasteiger partial charge < -0.3 is 14.4 Å². The second-order valence-corrected chi connectivity index (χ2v) is 7.82. The Balaban J connectivity index is 1.54. The molecule has 1 heterocycles. The molecule has 0 aliphatic heterocycles. The van der Waals surface area contributed by atoms with Crippen LogP contribution in [-0.2, 0) is 11.3 Å². The third-order valence-corrected chi connectivity index (χ3v) is 5.78. The number of aromatic nitrogens is 4. The average Bonchev–Trinajstić information content (AvgIpc) is 3.28. The molecule has 0 saturated carbocycles. The van der Waals surface area contributed by atoms with Crippen molar-refractivity contribution in [3.05, 3.63) is 54.1 Å². The first-order chi connectivity index (χ1) is 15.2. The molecular weight excluding hydrogens is 414 g/mol. The number of rotatable bonds is 11. The Kier molecular flexibility index (Phi) is 8.28. The predicted octanol–water partition coefficient (Wildman–Crippen LogP) is 3.60. The van der Waals surface area contributed by atoms with Gasteiger partial charge in [0.15, 0.2) is 11.5 Å². The largest absolute Gasteiger partial charge is 0.493 e. The molecule has 0 saturated heterocycles. The molecule has 31 heavy (non-hydrogen) atoms. The summed E-state index contributed by atoms with van der Waals surface area (Å²) in [6, 6.07) is 15.6. The van der Waals surface area contributed by atoms with Gasteiger partial charge in [0.1, 0.15) is 0 Å². The number of ether oxygens (including phenoxy) is 2. The second kappa shape index (κ2) is 11.4. The molecule has 9 heteroatoms. The van der Waals surface area contributed by atoms with Crippen molar-refractivity contribution in [1.29, 1.82) is 0 Å². The molecule has 3 aromatic rings. The van der Waals surface area contributed by atoms with E-state index in [1.165, 1.54) is 11.8 Å². The van der Waals surface area contributed by atoms with Gasteiger partial charge in [-0.2, -0.15) is 4.68 Å². The summed E-state index contributed by atoms with van der Waals surface area (Å²) in [6.07, 6.45) is 1.24. The molecule has 0 radical (unpaired) electrons. The maximum Gasteiger partial charge on any atom is 0.222 e. The number of carbonyl (C=O) groups is 1. The first-order valence-electron chi connectivity index (χ1n) is 10.1. The van der Waals surface area contributed by atoms with Gasteiger partial charge in [0.05, 0.1) is 19.9 Å². The van der Waals surface area contributed by atoms with Gasteiger partial charge in [0.25, 0.3) is 0 Å². The van der Waals surface area contributed by atoms with Crippen LogP contribution in [0.4, 0.5) is 0 Å². The van der Waals surface area contributed by atoms with Crippen molar-refractivity contribution in [1.82, 2.24) is 25.1 Å². The number of tetrazole rings is 1. The number of hydrogen-bond donors (Lipinski definition) is 0. The average molecular weight is 442 g/mol. The van der Waals surface area contributed by atoms with Gasteiger partial charge in [-0.25, -0.2) is 0 Å². The zero-order chi connectivity index (χ0) is 22.1. The molecule has 0 spiro atoms. The van der Waals surface area contributed by atoms with Crippen molar-refractivity contribution in [2.45, 2.75) is 31.5 Å². The highest BCUT2D eigenvalue weighted by Gasteiger charge is 2.14. The van der Waals surface area contributed by atoms with Crippen molar-refractivity contribution in [2.75, 3.05) is 26.5 Å². The van der Waals surface area contributed by atoms with Crippen LogP contribution >= 0.6 is 11.8 Å². The molecule has 0 unspecified atom stereocenters. The first kappa shape index (κ1) is 22.6. The number of carbonyl (C=O) groups excluding carboxylic acids is 1. The second-order valence-electron chi connectivity index (χ2n) is 6.76. The molecule has 1 aromatic heterocycles. The van der Waals surface area contributed by atoms with Crippen molar-refractivity contribution in [3.8, 4) is 17.2 Å². The van der Waals surface area contributed by atoms with E-state index in [9.17, 15) is 4.79 Å². The minimum atomic E-state index is 0.159. The summed E-state index contributed by atoms with van der Waals surface area (Å²) in [5.74, 6) is 2.15. The lowest BCUT2D eigenvalue weighted by atomic mass is 10.2. The lowest BCUT2D eigenvalue weighted by Crippen LogP contribution is -2.30. The molecule has 0 fully saturated rings. The van der Waals surface area contributed by atoms with E-state index in [1.807, 2.05) is 60.4 Å². The SMILES string of the molecule is CCN(Cc1ccccc1)C(=O)CCCSc1nnnn1-c1ccc(OC)c(OC)c1. The van der Waals surface area contributed by atoms with E-state index in [0.717, 1.165) is 23.4 Å². The quantitative estimate of drug-likeness (QED) is 0.332. The highest BCUT2D eigenvalue weighted by Crippen LogP contribution is 2.30. The molecule has 0 atom stereocenters. The summed E-state index contributed by atoms with van der Waals surface area (Å²) in [5.41, 5.74) is 1.92. The van der Waals surface area contributed by atoms with Crippen LogP contribution in [0, 0.1) is 0 Å². The Morgan fingerprint density at radius 1 is 1.10 bits per heavy atom. The molecule has 2 aromatic carbocycles. The fourth-order valence-corrected chi connectivity index (χ4v) is 3.94. The Hall–Kier alpha value is -3.07. The molecule has 0 aliphatic carbocycles. The third-order valence-electron chi connectivity index (χ3n) is 4.77. The van der Waals surface area contributed by atoms with E-state index in [2.05, 4.69) is 15.5 Å². The van der Waals surface area contributed by atoms with Crippen molar-refractivity contribution in [3.63, 3.8) is 0 Å². The Bertz CT molecular complexity index is 980. The standard InChI is InChI=1S/C22H27N5O3S/c1-4-26(16-17-9-6-5-7-10-17)21(28)11-8-14-31-22-23-24-25-27(22)18-12-13-19(29-2)20(15-18)30-3/h5-7,9-10,12-13,15H,4,8,11,14,16H2,1-3H3. The zero-order valence-electron chi connectivity index (χ0n) is 18.0. The van der Waals surface area contributed by atoms with Gasteiger partial charge in [0.2, 0.25) is 11.1 Å². The van der Waals surface area contributed by atoms with Crippen LogP contribution in [0.5, 0.6) is 11.5 Å². The monoisotopic (exact) mass is 441 g/mol. The van der Waals surface area contributed by atoms with Crippen LogP contribution < -0.4 is 9.47 Å². The Morgan fingerprint density at radius 2 is 1.87 bits per heavy atom. The van der Waals surface area contributed by atoms with Gasteiger partial charge in [-0.05, 0) is 41.5 Å². The normalized spacial score (nSPS) is 10.7. The van der Waals surface area contributed by atoms with E-state index in [1.54, 1.807) is 18.9 Å². The van der Waals surface area contributed by atoms with E-state index in [0.29, 0.717) is 36.2 Å². The number of methoxy groups -OCH3 is 2. The minimum Gasteiger partial charge on any atom is -0.493 e. The smallest absolute Gasteiger partial charge is 0.222 e. The van der Waals surface area contributed by atoms with Crippen LogP contribution in [0.15, 0.2) is 53.7 Å². The molecular formula is C22H27N5O3S. The van der Waals surface area contributed by atoms with Crippen LogP contribution in [0.1, 0.15) is 25.3 Å². The van der Waals surface area contributed by atoms with Crippen LogP contribution in [0.3, 0.4) is 0 Å². The lowest BCUT2D eigenvalue weighted by Gasteiger charge is -2.21. The molecule has 3 rings (SSSR count). The molecule has 0 N–H and O–H groups in total. The maximum atomic E-state index is 12.6. The fraction of sp³-hybridized carbons (Fsp3) is 0.364. The van der Waals surface area contributed by atoms with Crippen molar-refractivity contribution in [2.24, 2.45) is 0 Å². The van der Waals surface area contributed by atoms with Gasteiger partial charge in [-0.3, -0.25) is 4.79 Å². The third kappa shape index (κ3) is 5.97. The van der Waals surface area contributed by atoms with E-state index >= 15 is 0 Å². The topological polar surface area (TPSA) is 82.4 Å². The number of thioether (sulfide) groups is 1. The van der Waals surface area contributed by atoms with Crippen LogP contribution in [-0.4, -0.2) is 57.5 Å². The molecule has 164 valence electrons. The van der Waals surface area contributed by atoms with Gasteiger partial charge >= 0.3 is 0 Å². The summed E-state index contributed by atoms with van der Waals surface area (Å²) in [7, 11) is 3.18. The van der Waals surface area contributed by atoms with E-state index in [-0.39, 0.29) is 5.91 Å². The van der Waals surface area contributed by atoms with Crippen molar-refractivity contribution >= 4 is 17.7 Å². The number of hydrogen-bond acceptors (Lipinski definition) is 7. The molecule has 0 bridgehead atoms. The van der Waals surface area contributed by atoms with Crippen LogP contribution in [0.2, 0.25) is 0 Å². The maximum absolute atomic E-state index is 12.6. The predicted molar refractivity (Wildman–Crippen MR) is 120 cm³/mol. The zero-order valence-corrected chi connectivity index (χ0v) is 18.8. The lowest BCUT2D eigenvalue weighted by molar-refractivity contribution is -0.131. The highest BCUT2D eigenvalue weighted by atomic mass is 32.2. The van der Waals surface area contributed by atoms with Gasteiger partial charge in [0, 0.05) is 31.3 Å².